The van der Waals surface area contributed by atoms with E-state index in [0.29, 0.717) is 6.61 Å². The lowest BCUT2D eigenvalue weighted by molar-refractivity contribution is -0.142. The van der Waals surface area contributed by atoms with Crippen LogP contribution in [0.15, 0.2) is 10.7 Å². The zero-order valence-corrected chi connectivity index (χ0v) is 9.73. The minimum absolute atomic E-state index is 0.164. The lowest BCUT2D eigenvalue weighted by Gasteiger charge is -2.10. The Morgan fingerprint density at radius 3 is 3.00 bits per heavy atom. The van der Waals surface area contributed by atoms with Crippen molar-refractivity contribution in [3.63, 3.8) is 0 Å². The van der Waals surface area contributed by atoms with Crippen LogP contribution < -0.4 is 0 Å². The zero-order valence-electron chi connectivity index (χ0n) is 8.10. The summed E-state index contributed by atoms with van der Waals surface area (Å²) in [4.78, 5) is 15.4. The van der Waals surface area contributed by atoms with E-state index in [-0.39, 0.29) is 11.2 Å². The van der Waals surface area contributed by atoms with Crippen LogP contribution in [-0.4, -0.2) is 27.2 Å². The van der Waals surface area contributed by atoms with E-state index in [2.05, 4.69) is 9.36 Å². The number of hydrogen-bond acceptors (Lipinski definition) is 6. The van der Waals surface area contributed by atoms with Crippen molar-refractivity contribution in [1.82, 2.24) is 9.36 Å². The van der Waals surface area contributed by atoms with E-state index < -0.39 is 0 Å². The summed E-state index contributed by atoms with van der Waals surface area (Å²) in [6.07, 6.45) is 2.23. The normalized spacial score (nSPS) is 12.4. The Balaban J connectivity index is 2.50. The molecule has 6 heteroatoms. The Labute approximate surface area is 91.2 Å². The molecular formula is C8H12N2O2S2. The average Bonchev–Trinajstić information content (AvgIpc) is 2.66. The molecular weight excluding hydrogens is 220 g/mol. The van der Waals surface area contributed by atoms with Gasteiger partial charge in [0.05, 0.1) is 6.61 Å². The second kappa shape index (κ2) is 5.98. The van der Waals surface area contributed by atoms with Gasteiger partial charge < -0.3 is 4.74 Å². The van der Waals surface area contributed by atoms with Gasteiger partial charge in [0, 0.05) is 0 Å². The van der Waals surface area contributed by atoms with Crippen LogP contribution in [0.3, 0.4) is 0 Å². The average molecular weight is 232 g/mol. The van der Waals surface area contributed by atoms with Gasteiger partial charge in [0.25, 0.3) is 0 Å². The molecule has 1 atom stereocenters. The van der Waals surface area contributed by atoms with Gasteiger partial charge in [-0.2, -0.15) is 4.37 Å². The van der Waals surface area contributed by atoms with Gasteiger partial charge >= 0.3 is 5.97 Å². The second-order valence-corrected chi connectivity index (χ2v) is 4.70. The fourth-order valence-corrected chi connectivity index (χ4v) is 2.48. The van der Waals surface area contributed by atoms with E-state index in [1.807, 2.05) is 6.92 Å². The quantitative estimate of drug-likeness (QED) is 0.574. The molecule has 0 aliphatic heterocycles. The van der Waals surface area contributed by atoms with Crippen LogP contribution in [0.4, 0.5) is 0 Å². The molecule has 0 N–H and O–H groups in total. The first-order valence-electron chi connectivity index (χ1n) is 4.37. The lowest BCUT2D eigenvalue weighted by atomic mass is 10.3. The van der Waals surface area contributed by atoms with Crippen LogP contribution in [-0.2, 0) is 9.53 Å². The molecule has 14 heavy (non-hydrogen) atoms. The molecule has 0 saturated carbocycles. The van der Waals surface area contributed by atoms with Crippen molar-refractivity contribution in [3.8, 4) is 0 Å². The smallest absolute Gasteiger partial charge is 0.319 e. The third-order valence-electron chi connectivity index (χ3n) is 1.50. The molecule has 0 fully saturated rings. The van der Waals surface area contributed by atoms with E-state index in [0.717, 1.165) is 10.8 Å². The Morgan fingerprint density at radius 1 is 1.71 bits per heavy atom. The molecule has 1 unspecified atom stereocenters. The highest BCUT2D eigenvalue weighted by atomic mass is 32.2. The molecule has 4 nitrogen and oxygen atoms in total. The van der Waals surface area contributed by atoms with Crippen molar-refractivity contribution in [3.05, 3.63) is 6.33 Å². The first-order chi connectivity index (χ1) is 6.77. The highest BCUT2D eigenvalue weighted by Crippen LogP contribution is 2.26. The van der Waals surface area contributed by atoms with E-state index in [1.54, 1.807) is 6.92 Å². The number of aromatic nitrogens is 2. The second-order valence-electron chi connectivity index (χ2n) is 2.47. The van der Waals surface area contributed by atoms with Gasteiger partial charge in [-0.05, 0) is 24.9 Å². The van der Waals surface area contributed by atoms with Crippen molar-refractivity contribution < 1.29 is 9.53 Å². The molecule has 0 saturated heterocycles. The number of esters is 1. The van der Waals surface area contributed by atoms with Crippen molar-refractivity contribution in [1.29, 1.82) is 0 Å². The number of carbonyl (C=O) groups excluding carboxylic acids is 1. The van der Waals surface area contributed by atoms with Gasteiger partial charge in [0.1, 0.15) is 11.6 Å². The fourth-order valence-electron chi connectivity index (χ4n) is 0.870. The van der Waals surface area contributed by atoms with Crippen molar-refractivity contribution in [2.45, 2.75) is 29.9 Å². The molecule has 0 aliphatic carbocycles. The first-order valence-corrected chi connectivity index (χ1v) is 6.03. The predicted octanol–water partition coefficient (Wildman–Crippen LogP) is 1.97. The summed E-state index contributed by atoms with van der Waals surface area (Å²) in [5.41, 5.74) is 0. The molecule has 0 aromatic carbocycles. The molecule has 1 rings (SSSR count). The Bertz CT molecular complexity index is 277. The largest absolute Gasteiger partial charge is 0.465 e. The molecule has 0 spiro atoms. The summed E-state index contributed by atoms with van der Waals surface area (Å²) in [5, 5.41) is -0.164. The summed E-state index contributed by atoms with van der Waals surface area (Å²) >= 11 is 2.71. The Morgan fingerprint density at radius 2 is 2.50 bits per heavy atom. The van der Waals surface area contributed by atoms with Gasteiger partial charge in [-0.1, -0.05) is 18.7 Å². The maximum absolute atomic E-state index is 11.4. The number of rotatable bonds is 5. The van der Waals surface area contributed by atoms with Crippen LogP contribution in [0.2, 0.25) is 0 Å². The molecule has 0 amide bonds. The van der Waals surface area contributed by atoms with Crippen LogP contribution >= 0.6 is 23.3 Å². The van der Waals surface area contributed by atoms with Crippen LogP contribution in [0.25, 0.3) is 0 Å². The number of carbonyl (C=O) groups is 1. The molecule has 1 aromatic heterocycles. The number of hydrogen-bond donors (Lipinski definition) is 0. The zero-order chi connectivity index (χ0) is 10.4. The van der Waals surface area contributed by atoms with Gasteiger partial charge in [-0.15, -0.1) is 0 Å². The monoisotopic (exact) mass is 232 g/mol. The Kier molecular flexibility index (Phi) is 4.89. The fraction of sp³-hybridized carbons (Fsp3) is 0.625. The minimum Gasteiger partial charge on any atom is -0.465 e. The Hall–Kier alpha value is -0.620. The SMILES string of the molecule is CCOC(=O)C(CC)Sc1ncns1. The van der Waals surface area contributed by atoms with Crippen molar-refractivity contribution >= 4 is 29.3 Å². The van der Waals surface area contributed by atoms with Crippen LogP contribution in [0.5, 0.6) is 0 Å². The molecule has 0 aliphatic rings. The maximum Gasteiger partial charge on any atom is 0.319 e. The number of ether oxygens (including phenoxy) is 1. The standard InChI is InChI=1S/C8H12N2O2S2/c1-3-6(7(11)12-4-2)13-8-9-5-10-14-8/h5-6H,3-4H2,1-2H3. The van der Waals surface area contributed by atoms with Gasteiger partial charge in [-0.3, -0.25) is 4.79 Å². The van der Waals surface area contributed by atoms with Crippen LogP contribution in [0.1, 0.15) is 20.3 Å². The van der Waals surface area contributed by atoms with Gasteiger partial charge in [-0.25, -0.2) is 4.98 Å². The van der Waals surface area contributed by atoms with Gasteiger partial charge in [0.2, 0.25) is 0 Å². The third kappa shape index (κ3) is 3.26. The molecule has 78 valence electrons. The third-order valence-corrected chi connectivity index (χ3v) is 3.60. The lowest BCUT2D eigenvalue weighted by Crippen LogP contribution is -2.19. The van der Waals surface area contributed by atoms with E-state index in [9.17, 15) is 4.79 Å². The topological polar surface area (TPSA) is 52.1 Å². The minimum atomic E-state index is -0.171. The molecule has 1 aromatic rings. The first kappa shape index (κ1) is 11.5. The number of nitrogens with zero attached hydrogens (tertiary/aromatic N) is 2. The predicted molar refractivity (Wildman–Crippen MR) is 56.5 cm³/mol. The van der Waals surface area contributed by atoms with E-state index >= 15 is 0 Å². The molecule has 0 bridgehead atoms. The van der Waals surface area contributed by atoms with E-state index in [4.69, 9.17) is 4.74 Å². The number of thioether (sulfide) groups is 1. The summed E-state index contributed by atoms with van der Waals surface area (Å²) in [7, 11) is 0. The summed E-state index contributed by atoms with van der Waals surface area (Å²) < 4.78 is 9.62. The highest BCUT2D eigenvalue weighted by molar-refractivity contribution is 8.02. The molecule has 0 radical (unpaired) electrons. The highest BCUT2D eigenvalue weighted by Gasteiger charge is 2.20. The van der Waals surface area contributed by atoms with E-state index in [1.165, 1.54) is 29.6 Å². The summed E-state index contributed by atoms with van der Waals surface area (Å²) in [6, 6.07) is 0. The molecule has 1 heterocycles. The summed E-state index contributed by atoms with van der Waals surface area (Å²) in [6.45, 7) is 4.18. The van der Waals surface area contributed by atoms with Crippen molar-refractivity contribution in [2.24, 2.45) is 0 Å². The van der Waals surface area contributed by atoms with Crippen LogP contribution in [0, 0.1) is 0 Å². The maximum atomic E-state index is 11.4. The summed E-state index contributed by atoms with van der Waals surface area (Å²) in [5.74, 6) is -0.171. The van der Waals surface area contributed by atoms with Gasteiger partial charge in [0.15, 0.2) is 4.34 Å². The van der Waals surface area contributed by atoms with Crippen molar-refractivity contribution in [2.75, 3.05) is 6.61 Å².